The topological polar surface area (TPSA) is 3.24 Å². The molecular weight excluding hydrogens is 134 g/mol. The van der Waals surface area contributed by atoms with E-state index in [1.807, 2.05) is 0 Å². The van der Waals surface area contributed by atoms with Crippen molar-refractivity contribution >= 4 is 0 Å². The SMILES string of the molecule is CCC(C)C1CCC(C)N1C. The maximum absolute atomic E-state index is 2.55. The fourth-order valence-corrected chi connectivity index (χ4v) is 2.10. The van der Waals surface area contributed by atoms with Crippen LogP contribution in [0.2, 0.25) is 0 Å². The largest absolute Gasteiger partial charge is 0.300 e. The molecule has 66 valence electrons. The molecule has 1 saturated heterocycles. The molecule has 11 heavy (non-hydrogen) atoms. The van der Waals surface area contributed by atoms with Gasteiger partial charge in [0.2, 0.25) is 0 Å². The van der Waals surface area contributed by atoms with Crippen LogP contribution in [0.1, 0.15) is 40.0 Å². The van der Waals surface area contributed by atoms with Crippen LogP contribution in [0.15, 0.2) is 0 Å². The first kappa shape index (κ1) is 9.05. The zero-order chi connectivity index (χ0) is 8.43. The first-order valence-corrected chi connectivity index (χ1v) is 4.88. The highest BCUT2D eigenvalue weighted by Gasteiger charge is 2.29. The number of hydrogen-bond acceptors (Lipinski definition) is 1. The summed E-state index contributed by atoms with van der Waals surface area (Å²) in [7, 11) is 2.27. The first-order chi connectivity index (χ1) is 5.16. The number of nitrogens with zero attached hydrogens (tertiary/aromatic N) is 1. The summed E-state index contributed by atoms with van der Waals surface area (Å²) in [5.74, 6) is 0.880. The van der Waals surface area contributed by atoms with E-state index >= 15 is 0 Å². The van der Waals surface area contributed by atoms with Gasteiger partial charge in [-0.3, -0.25) is 0 Å². The maximum atomic E-state index is 2.55. The lowest BCUT2D eigenvalue weighted by Gasteiger charge is -2.27. The molecule has 1 fully saturated rings. The molecule has 1 rings (SSSR count). The van der Waals surface area contributed by atoms with Gasteiger partial charge in [0.25, 0.3) is 0 Å². The zero-order valence-electron chi connectivity index (χ0n) is 8.30. The lowest BCUT2D eigenvalue weighted by molar-refractivity contribution is 0.196. The van der Waals surface area contributed by atoms with E-state index in [4.69, 9.17) is 0 Å². The van der Waals surface area contributed by atoms with Crippen LogP contribution >= 0.6 is 0 Å². The Balaban J connectivity index is 2.47. The Morgan fingerprint density at radius 3 is 2.45 bits per heavy atom. The van der Waals surface area contributed by atoms with Crippen LogP contribution in [0.3, 0.4) is 0 Å². The second kappa shape index (κ2) is 3.57. The van der Waals surface area contributed by atoms with Gasteiger partial charge in [-0.2, -0.15) is 0 Å². The average Bonchev–Trinajstić information content (AvgIpc) is 2.32. The van der Waals surface area contributed by atoms with Crippen molar-refractivity contribution in [3.05, 3.63) is 0 Å². The minimum Gasteiger partial charge on any atom is -0.300 e. The summed E-state index contributed by atoms with van der Waals surface area (Å²) in [5, 5.41) is 0. The van der Waals surface area contributed by atoms with E-state index in [1.165, 1.54) is 19.3 Å². The lowest BCUT2D eigenvalue weighted by atomic mass is 9.97. The van der Waals surface area contributed by atoms with Crippen molar-refractivity contribution in [2.24, 2.45) is 5.92 Å². The number of likely N-dealkylation sites (tertiary alicyclic amines) is 1. The highest BCUT2D eigenvalue weighted by atomic mass is 15.2. The van der Waals surface area contributed by atoms with Crippen molar-refractivity contribution < 1.29 is 0 Å². The minimum absolute atomic E-state index is 0.814. The van der Waals surface area contributed by atoms with Gasteiger partial charge in [-0.25, -0.2) is 0 Å². The molecule has 1 heterocycles. The molecule has 0 bridgehead atoms. The van der Waals surface area contributed by atoms with Gasteiger partial charge in [-0.05, 0) is 32.7 Å². The quantitative estimate of drug-likeness (QED) is 0.592. The maximum Gasteiger partial charge on any atom is 0.0121 e. The Morgan fingerprint density at radius 1 is 1.45 bits per heavy atom. The van der Waals surface area contributed by atoms with Gasteiger partial charge in [0.15, 0.2) is 0 Å². The molecule has 3 atom stereocenters. The third kappa shape index (κ3) is 1.76. The molecule has 1 heteroatoms. The van der Waals surface area contributed by atoms with E-state index in [-0.39, 0.29) is 0 Å². The molecule has 0 aliphatic carbocycles. The molecule has 0 aromatic carbocycles. The molecule has 1 aliphatic rings. The Hall–Kier alpha value is -0.0400. The van der Waals surface area contributed by atoms with Crippen molar-refractivity contribution in [2.45, 2.75) is 52.1 Å². The molecule has 0 aromatic rings. The molecule has 0 N–H and O–H groups in total. The molecule has 0 aromatic heterocycles. The van der Waals surface area contributed by atoms with Gasteiger partial charge in [-0.1, -0.05) is 20.3 Å². The lowest BCUT2D eigenvalue weighted by Crippen LogP contribution is -2.34. The van der Waals surface area contributed by atoms with E-state index in [2.05, 4.69) is 32.7 Å². The van der Waals surface area contributed by atoms with Crippen molar-refractivity contribution in [3.8, 4) is 0 Å². The smallest absolute Gasteiger partial charge is 0.0121 e. The van der Waals surface area contributed by atoms with Crippen LogP contribution in [0.4, 0.5) is 0 Å². The third-order valence-electron chi connectivity index (χ3n) is 3.40. The van der Waals surface area contributed by atoms with E-state index in [1.54, 1.807) is 0 Å². The second-order valence-electron chi connectivity index (χ2n) is 4.04. The third-order valence-corrected chi connectivity index (χ3v) is 3.40. The molecule has 3 unspecified atom stereocenters. The van der Waals surface area contributed by atoms with Crippen molar-refractivity contribution in [2.75, 3.05) is 7.05 Å². The standard InChI is InChI=1S/C10H21N/c1-5-8(2)10-7-6-9(3)11(10)4/h8-10H,5-7H2,1-4H3. The van der Waals surface area contributed by atoms with E-state index < -0.39 is 0 Å². The van der Waals surface area contributed by atoms with Crippen molar-refractivity contribution in [1.29, 1.82) is 0 Å². The van der Waals surface area contributed by atoms with Gasteiger partial charge < -0.3 is 4.90 Å². The molecule has 0 spiro atoms. The van der Waals surface area contributed by atoms with Gasteiger partial charge in [0.1, 0.15) is 0 Å². The Morgan fingerprint density at radius 2 is 2.09 bits per heavy atom. The van der Waals surface area contributed by atoms with Crippen molar-refractivity contribution in [1.82, 2.24) is 4.90 Å². The summed E-state index contributed by atoms with van der Waals surface area (Å²) in [6.07, 6.45) is 4.12. The number of rotatable bonds is 2. The van der Waals surface area contributed by atoms with E-state index in [9.17, 15) is 0 Å². The Bertz CT molecular complexity index is 122. The van der Waals surface area contributed by atoms with Crippen molar-refractivity contribution in [3.63, 3.8) is 0 Å². The van der Waals surface area contributed by atoms with E-state index in [0.717, 1.165) is 18.0 Å². The average molecular weight is 155 g/mol. The van der Waals surface area contributed by atoms with Gasteiger partial charge >= 0.3 is 0 Å². The van der Waals surface area contributed by atoms with Crippen LogP contribution in [0.25, 0.3) is 0 Å². The van der Waals surface area contributed by atoms with Crippen LogP contribution in [0.5, 0.6) is 0 Å². The summed E-state index contributed by atoms with van der Waals surface area (Å²) >= 11 is 0. The molecule has 1 nitrogen and oxygen atoms in total. The van der Waals surface area contributed by atoms with Crippen LogP contribution < -0.4 is 0 Å². The molecule has 0 amide bonds. The van der Waals surface area contributed by atoms with Crippen LogP contribution in [-0.2, 0) is 0 Å². The molecular formula is C10H21N. The highest BCUT2D eigenvalue weighted by molar-refractivity contribution is 4.85. The van der Waals surface area contributed by atoms with Gasteiger partial charge in [0.05, 0.1) is 0 Å². The molecule has 0 radical (unpaired) electrons. The second-order valence-corrected chi connectivity index (χ2v) is 4.04. The predicted octanol–water partition coefficient (Wildman–Crippen LogP) is 2.52. The minimum atomic E-state index is 0.814. The summed E-state index contributed by atoms with van der Waals surface area (Å²) in [5.41, 5.74) is 0. The van der Waals surface area contributed by atoms with Gasteiger partial charge in [0, 0.05) is 12.1 Å². The van der Waals surface area contributed by atoms with Crippen LogP contribution in [-0.4, -0.2) is 24.0 Å². The number of hydrogen-bond donors (Lipinski definition) is 0. The zero-order valence-corrected chi connectivity index (χ0v) is 8.30. The summed E-state index contributed by atoms with van der Waals surface area (Å²) in [6.45, 7) is 7.00. The monoisotopic (exact) mass is 155 g/mol. The molecule has 0 saturated carbocycles. The highest BCUT2D eigenvalue weighted by Crippen LogP contribution is 2.28. The first-order valence-electron chi connectivity index (χ1n) is 4.88. The van der Waals surface area contributed by atoms with Crippen LogP contribution in [0, 0.1) is 5.92 Å². The fourth-order valence-electron chi connectivity index (χ4n) is 2.10. The predicted molar refractivity (Wildman–Crippen MR) is 49.7 cm³/mol. The fraction of sp³-hybridized carbons (Fsp3) is 1.00. The molecule has 1 aliphatic heterocycles. The Kier molecular flexibility index (Phi) is 2.94. The summed E-state index contributed by atoms with van der Waals surface area (Å²) in [4.78, 5) is 2.55. The summed E-state index contributed by atoms with van der Waals surface area (Å²) in [6, 6.07) is 1.67. The van der Waals surface area contributed by atoms with Gasteiger partial charge in [-0.15, -0.1) is 0 Å². The Labute approximate surface area is 70.8 Å². The normalized spacial score (nSPS) is 36.0. The summed E-state index contributed by atoms with van der Waals surface area (Å²) < 4.78 is 0. The van der Waals surface area contributed by atoms with E-state index in [0.29, 0.717) is 0 Å².